The molecule has 0 aliphatic rings. The number of hydrogen-bond donors (Lipinski definition) is 4. The number of ether oxygens (including phenoxy) is 1. The highest BCUT2D eigenvalue weighted by Gasteiger charge is 2.37. The predicted octanol–water partition coefficient (Wildman–Crippen LogP) is 1.80. The second kappa shape index (κ2) is 8.33. The topological polar surface area (TPSA) is 143 Å². The molecule has 4 N–H and O–H groups in total. The lowest BCUT2D eigenvalue weighted by Crippen LogP contribution is -2.38. The minimum absolute atomic E-state index is 0.101. The van der Waals surface area contributed by atoms with Crippen molar-refractivity contribution in [2.45, 2.75) is 59.4 Å². The van der Waals surface area contributed by atoms with Gasteiger partial charge in [0.1, 0.15) is 6.10 Å². The van der Waals surface area contributed by atoms with Gasteiger partial charge in [-0.15, -0.1) is 0 Å². The van der Waals surface area contributed by atoms with E-state index in [1.807, 2.05) is 0 Å². The lowest BCUT2D eigenvalue weighted by molar-refractivity contribution is -0.0590. The van der Waals surface area contributed by atoms with E-state index >= 15 is 0 Å². The normalized spacial score (nSPS) is 16.8. The number of rotatable bonds is 9. The van der Waals surface area contributed by atoms with Crippen molar-refractivity contribution in [3.8, 4) is 0 Å². The van der Waals surface area contributed by atoms with Gasteiger partial charge in [-0.25, -0.2) is 9.13 Å². The lowest BCUT2D eigenvalue weighted by atomic mass is 9.87. The van der Waals surface area contributed by atoms with Crippen LogP contribution in [0, 0.1) is 5.41 Å². The van der Waals surface area contributed by atoms with E-state index in [0.717, 1.165) is 0 Å². The van der Waals surface area contributed by atoms with Crippen LogP contribution >= 0.6 is 15.6 Å². The van der Waals surface area contributed by atoms with Crippen LogP contribution in [0.4, 0.5) is 0 Å². The van der Waals surface area contributed by atoms with Crippen molar-refractivity contribution < 1.29 is 42.5 Å². The van der Waals surface area contributed by atoms with E-state index in [2.05, 4.69) is 9.05 Å². The van der Waals surface area contributed by atoms with Gasteiger partial charge in [-0.2, -0.15) is 0 Å². The van der Waals surface area contributed by atoms with Crippen molar-refractivity contribution in [1.82, 2.24) is 0 Å². The predicted molar refractivity (Wildman–Crippen MR) is 79.0 cm³/mol. The van der Waals surface area contributed by atoms with E-state index < -0.39 is 33.3 Å². The maximum Gasteiger partial charge on any atom is 0.470 e. The molecule has 0 unspecified atom stereocenters. The fraction of sp³-hybridized carbons (Fsp3) is 1.00. The molecule has 0 radical (unpaired) electrons. The van der Waals surface area contributed by atoms with Crippen LogP contribution in [-0.4, -0.2) is 44.5 Å². The van der Waals surface area contributed by atoms with E-state index in [4.69, 9.17) is 24.3 Å². The van der Waals surface area contributed by atoms with Crippen LogP contribution in [0.5, 0.6) is 0 Å². The molecule has 0 aromatic carbocycles. The lowest BCUT2D eigenvalue weighted by Gasteiger charge is -2.32. The van der Waals surface area contributed by atoms with Crippen LogP contribution in [0.1, 0.15) is 41.0 Å². The summed E-state index contributed by atoms with van der Waals surface area (Å²) in [6.07, 6.45) is -2.72. The van der Waals surface area contributed by atoms with Crippen LogP contribution in [0.25, 0.3) is 0 Å². The van der Waals surface area contributed by atoms with Gasteiger partial charge in [0.05, 0.1) is 18.8 Å². The molecule has 0 amide bonds. The molecule has 134 valence electrons. The summed E-state index contributed by atoms with van der Waals surface area (Å²) < 4.78 is 36.8. The van der Waals surface area contributed by atoms with E-state index in [1.54, 1.807) is 34.6 Å². The molecule has 22 heavy (non-hydrogen) atoms. The zero-order valence-corrected chi connectivity index (χ0v) is 15.2. The number of hydrogen-bond acceptors (Lipinski definition) is 5. The first kappa shape index (κ1) is 22.2. The summed E-state index contributed by atoms with van der Waals surface area (Å²) in [5.41, 5.74) is -0.422. The molecule has 0 aliphatic heterocycles. The van der Waals surface area contributed by atoms with Gasteiger partial charge in [0, 0.05) is 0 Å². The first-order chi connectivity index (χ1) is 9.59. The number of phosphoric acid groups is 2. The Hall–Kier alpha value is 0.180. The van der Waals surface area contributed by atoms with Crippen molar-refractivity contribution in [2.75, 3.05) is 6.61 Å². The molecule has 0 rings (SSSR count). The third kappa shape index (κ3) is 12.7. The molecule has 0 aromatic rings. The zero-order chi connectivity index (χ0) is 17.8. The molecule has 2 atom stereocenters. The van der Waals surface area contributed by atoms with Gasteiger partial charge in [0.25, 0.3) is 0 Å². The molecule has 0 saturated carbocycles. The minimum Gasteiger partial charge on any atom is -0.376 e. The monoisotopic (exact) mass is 364 g/mol. The van der Waals surface area contributed by atoms with E-state index in [-0.39, 0.29) is 19.1 Å². The highest BCUT2D eigenvalue weighted by molar-refractivity contribution is 7.46. The van der Waals surface area contributed by atoms with Gasteiger partial charge in [-0.1, -0.05) is 20.8 Å². The maximum atomic E-state index is 11.1. The van der Waals surface area contributed by atoms with Crippen LogP contribution in [0.2, 0.25) is 0 Å². The van der Waals surface area contributed by atoms with Crippen LogP contribution in [0.3, 0.4) is 0 Å². The minimum atomic E-state index is -4.88. The molecule has 0 spiro atoms. The van der Waals surface area contributed by atoms with E-state index in [1.165, 1.54) is 0 Å². The SMILES string of the molecule is CC(C)OC[C@H](OP(=O)(O)O)[C@H](CC(C)(C)C)OP(=O)(O)O. The molecular formula is C11H26O9P2. The van der Waals surface area contributed by atoms with Gasteiger partial charge >= 0.3 is 15.6 Å². The van der Waals surface area contributed by atoms with Crippen molar-refractivity contribution in [2.24, 2.45) is 5.41 Å². The van der Waals surface area contributed by atoms with Gasteiger partial charge < -0.3 is 24.3 Å². The zero-order valence-electron chi connectivity index (χ0n) is 13.4. The Labute approximate surface area is 130 Å². The second-order valence-corrected chi connectivity index (χ2v) is 8.80. The molecule has 0 aromatic heterocycles. The van der Waals surface area contributed by atoms with Crippen molar-refractivity contribution in [3.63, 3.8) is 0 Å². The molecule has 11 heteroatoms. The summed E-state index contributed by atoms with van der Waals surface area (Å²) >= 11 is 0. The third-order valence-electron chi connectivity index (χ3n) is 2.37. The molecule has 0 saturated heterocycles. The second-order valence-electron chi connectivity index (χ2n) is 6.42. The Morgan fingerprint density at radius 3 is 1.64 bits per heavy atom. The van der Waals surface area contributed by atoms with Crippen LogP contribution < -0.4 is 0 Å². The van der Waals surface area contributed by atoms with Gasteiger partial charge in [0.2, 0.25) is 0 Å². The van der Waals surface area contributed by atoms with Crippen LogP contribution in [0.15, 0.2) is 0 Å². The first-order valence-corrected chi connectivity index (χ1v) is 9.74. The van der Waals surface area contributed by atoms with Crippen molar-refractivity contribution in [1.29, 1.82) is 0 Å². The highest BCUT2D eigenvalue weighted by atomic mass is 31.2. The Bertz CT molecular complexity index is 420. The van der Waals surface area contributed by atoms with Gasteiger partial charge in [-0.3, -0.25) is 9.05 Å². The number of phosphoric ester groups is 2. The molecule has 0 bridgehead atoms. The van der Waals surface area contributed by atoms with Gasteiger partial charge in [0.15, 0.2) is 0 Å². The Balaban J connectivity index is 5.30. The summed E-state index contributed by atoms with van der Waals surface area (Å²) in [7, 11) is -9.74. The molecule has 0 aliphatic carbocycles. The van der Waals surface area contributed by atoms with Gasteiger partial charge in [-0.05, 0) is 25.7 Å². The molecule has 0 fully saturated rings. The van der Waals surface area contributed by atoms with Crippen molar-refractivity contribution in [3.05, 3.63) is 0 Å². The molecule has 9 nitrogen and oxygen atoms in total. The summed E-state index contributed by atoms with van der Waals surface area (Å²) in [6, 6.07) is 0. The third-order valence-corrected chi connectivity index (χ3v) is 3.46. The average molecular weight is 364 g/mol. The summed E-state index contributed by atoms with van der Waals surface area (Å²) in [4.78, 5) is 36.0. The fourth-order valence-corrected chi connectivity index (χ4v) is 2.80. The van der Waals surface area contributed by atoms with E-state index in [9.17, 15) is 9.13 Å². The Morgan fingerprint density at radius 2 is 1.32 bits per heavy atom. The summed E-state index contributed by atoms with van der Waals surface area (Å²) in [5, 5.41) is 0. The van der Waals surface area contributed by atoms with Crippen LogP contribution in [-0.2, 0) is 22.9 Å². The Kier molecular flexibility index (Phi) is 8.40. The first-order valence-electron chi connectivity index (χ1n) is 6.68. The smallest absolute Gasteiger partial charge is 0.376 e. The maximum absolute atomic E-state index is 11.1. The average Bonchev–Trinajstić information content (AvgIpc) is 2.17. The largest absolute Gasteiger partial charge is 0.470 e. The fourth-order valence-electron chi connectivity index (χ4n) is 1.69. The molecule has 0 heterocycles. The standard InChI is InChI=1S/C11H26O9P2/c1-8(2)18-7-10(20-22(15,16)17)9(6-11(3,4)5)19-21(12,13)14/h8-10H,6-7H2,1-5H3,(H2,12,13,14)(H2,15,16,17)/t9-,10-/m0/s1. The molecular weight excluding hydrogens is 338 g/mol. The van der Waals surface area contributed by atoms with E-state index in [0.29, 0.717) is 0 Å². The summed E-state index contributed by atoms with van der Waals surface area (Å²) in [5.74, 6) is 0. The Morgan fingerprint density at radius 1 is 0.909 bits per heavy atom. The summed E-state index contributed by atoms with van der Waals surface area (Å²) in [6.45, 7) is 8.51. The highest BCUT2D eigenvalue weighted by Crippen LogP contribution is 2.45. The quantitative estimate of drug-likeness (QED) is 0.450. The van der Waals surface area contributed by atoms with Crippen molar-refractivity contribution >= 4 is 15.6 Å².